The van der Waals surface area contributed by atoms with Gasteiger partial charge in [-0.3, -0.25) is 4.79 Å². The summed E-state index contributed by atoms with van der Waals surface area (Å²) >= 11 is 0. The smallest absolute Gasteiger partial charge is 0.236 e. The summed E-state index contributed by atoms with van der Waals surface area (Å²) in [5.41, 5.74) is 0.806. The quantitative estimate of drug-likeness (QED) is 0.571. The van der Waals surface area contributed by atoms with Gasteiger partial charge in [-0.25, -0.2) is 0 Å². The first-order valence-corrected chi connectivity index (χ1v) is 6.06. The number of carbonyl (C=O) groups is 1. The van der Waals surface area contributed by atoms with E-state index in [9.17, 15) is 15.0 Å². The van der Waals surface area contributed by atoms with E-state index in [0.717, 1.165) is 12.0 Å². The predicted molar refractivity (Wildman–Crippen MR) is 69.4 cm³/mol. The average Bonchev–Trinajstić information content (AvgIpc) is 2.36. The van der Waals surface area contributed by atoms with Crippen molar-refractivity contribution in [3.63, 3.8) is 0 Å². The molecule has 18 heavy (non-hydrogen) atoms. The Kier molecular flexibility index (Phi) is 5.45. The molecule has 0 aliphatic heterocycles. The van der Waals surface area contributed by atoms with Gasteiger partial charge in [0.25, 0.3) is 0 Å². The molecule has 0 heterocycles. The van der Waals surface area contributed by atoms with Gasteiger partial charge in [0.1, 0.15) is 0 Å². The molecule has 1 aromatic rings. The highest BCUT2D eigenvalue weighted by atomic mass is 16.3. The molecule has 0 radical (unpaired) electrons. The molecule has 0 saturated carbocycles. The standard InChI is InChI=1S/C13H20N2O3/c1-3-6-14-13(18)9(2)15-8-10-4-5-11(16)12(17)7-10/h4-5,7,9,15-17H,3,6,8H2,1-2H3,(H,14,18). The number of phenolic OH excluding ortho intramolecular Hbond substituents is 2. The normalized spacial score (nSPS) is 12.1. The van der Waals surface area contributed by atoms with Crippen molar-refractivity contribution < 1.29 is 15.0 Å². The molecule has 100 valence electrons. The van der Waals surface area contributed by atoms with Crippen molar-refractivity contribution in [2.75, 3.05) is 6.54 Å². The maximum absolute atomic E-state index is 11.6. The molecule has 0 aliphatic carbocycles. The highest BCUT2D eigenvalue weighted by molar-refractivity contribution is 5.81. The van der Waals surface area contributed by atoms with Gasteiger partial charge >= 0.3 is 0 Å². The van der Waals surface area contributed by atoms with E-state index in [2.05, 4.69) is 10.6 Å². The van der Waals surface area contributed by atoms with Crippen molar-refractivity contribution in [2.45, 2.75) is 32.9 Å². The number of nitrogens with one attached hydrogen (secondary N) is 2. The zero-order valence-corrected chi connectivity index (χ0v) is 10.7. The number of benzene rings is 1. The third-order valence-electron chi connectivity index (χ3n) is 2.59. The van der Waals surface area contributed by atoms with E-state index in [0.29, 0.717) is 13.1 Å². The van der Waals surface area contributed by atoms with Crippen LogP contribution in [0.25, 0.3) is 0 Å². The fourth-order valence-corrected chi connectivity index (χ4v) is 1.44. The van der Waals surface area contributed by atoms with Crippen LogP contribution in [0.15, 0.2) is 18.2 Å². The van der Waals surface area contributed by atoms with Crippen LogP contribution in [0.5, 0.6) is 11.5 Å². The lowest BCUT2D eigenvalue weighted by atomic mass is 10.2. The highest BCUT2D eigenvalue weighted by Crippen LogP contribution is 2.24. The van der Waals surface area contributed by atoms with Crippen molar-refractivity contribution in [1.82, 2.24) is 10.6 Å². The summed E-state index contributed by atoms with van der Waals surface area (Å²) in [5, 5.41) is 24.4. The third-order valence-corrected chi connectivity index (χ3v) is 2.59. The number of aromatic hydroxyl groups is 2. The number of amides is 1. The van der Waals surface area contributed by atoms with Crippen molar-refractivity contribution in [2.24, 2.45) is 0 Å². The SMILES string of the molecule is CCCNC(=O)C(C)NCc1ccc(O)c(O)c1. The summed E-state index contributed by atoms with van der Waals surface area (Å²) in [4.78, 5) is 11.6. The number of rotatable bonds is 6. The topological polar surface area (TPSA) is 81.6 Å². The van der Waals surface area contributed by atoms with Gasteiger partial charge in [-0.1, -0.05) is 13.0 Å². The zero-order chi connectivity index (χ0) is 13.5. The van der Waals surface area contributed by atoms with Crippen molar-refractivity contribution in [1.29, 1.82) is 0 Å². The van der Waals surface area contributed by atoms with Crippen LogP contribution < -0.4 is 10.6 Å². The second-order valence-corrected chi connectivity index (χ2v) is 4.22. The maximum Gasteiger partial charge on any atom is 0.236 e. The molecule has 0 aliphatic rings. The minimum absolute atomic E-state index is 0.0418. The average molecular weight is 252 g/mol. The lowest BCUT2D eigenvalue weighted by Gasteiger charge is -2.14. The first-order chi connectivity index (χ1) is 8.54. The Morgan fingerprint density at radius 2 is 2.06 bits per heavy atom. The largest absolute Gasteiger partial charge is 0.504 e. The third kappa shape index (κ3) is 4.25. The number of hydrogen-bond acceptors (Lipinski definition) is 4. The van der Waals surface area contributed by atoms with Crippen molar-refractivity contribution in [3.05, 3.63) is 23.8 Å². The van der Waals surface area contributed by atoms with Crippen LogP contribution in [0.3, 0.4) is 0 Å². The Morgan fingerprint density at radius 1 is 1.33 bits per heavy atom. The van der Waals surface area contributed by atoms with Gasteiger partial charge in [-0.15, -0.1) is 0 Å². The van der Waals surface area contributed by atoms with E-state index < -0.39 is 0 Å². The molecule has 1 rings (SSSR count). The number of phenols is 2. The Balaban J connectivity index is 2.44. The Labute approximate surface area is 107 Å². The molecule has 1 amide bonds. The molecule has 5 heteroatoms. The lowest BCUT2D eigenvalue weighted by molar-refractivity contribution is -0.122. The second kappa shape index (κ2) is 6.86. The van der Waals surface area contributed by atoms with Crippen LogP contribution in [-0.4, -0.2) is 28.7 Å². The van der Waals surface area contributed by atoms with Crippen LogP contribution in [0, 0.1) is 0 Å². The number of hydrogen-bond donors (Lipinski definition) is 4. The molecule has 0 aromatic heterocycles. The number of carbonyl (C=O) groups excluding carboxylic acids is 1. The summed E-state index contributed by atoms with van der Waals surface area (Å²) in [7, 11) is 0. The van der Waals surface area contributed by atoms with E-state index >= 15 is 0 Å². The van der Waals surface area contributed by atoms with Gasteiger partial charge in [0.15, 0.2) is 11.5 Å². The predicted octanol–water partition coefficient (Wildman–Crippen LogP) is 1.10. The molecule has 1 aromatic carbocycles. The molecular formula is C13H20N2O3. The van der Waals surface area contributed by atoms with Crippen LogP contribution in [0.1, 0.15) is 25.8 Å². The first-order valence-electron chi connectivity index (χ1n) is 6.06. The minimum Gasteiger partial charge on any atom is -0.504 e. The van der Waals surface area contributed by atoms with Crippen LogP contribution in [0.2, 0.25) is 0 Å². The Morgan fingerprint density at radius 3 is 2.67 bits per heavy atom. The molecule has 0 fully saturated rings. The summed E-state index contributed by atoms with van der Waals surface area (Å²) in [6, 6.07) is 4.29. The second-order valence-electron chi connectivity index (χ2n) is 4.22. The van der Waals surface area contributed by atoms with E-state index in [4.69, 9.17) is 0 Å². The monoisotopic (exact) mass is 252 g/mol. The molecule has 5 nitrogen and oxygen atoms in total. The minimum atomic E-state index is -0.299. The molecular weight excluding hydrogens is 232 g/mol. The highest BCUT2D eigenvalue weighted by Gasteiger charge is 2.11. The van der Waals surface area contributed by atoms with Crippen LogP contribution in [-0.2, 0) is 11.3 Å². The summed E-state index contributed by atoms with van der Waals surface area (Å²) in [5.74, 6) is -0.343. The van der Waals surface area contributed by atoms with E-state index in [1.807, 2.05) is 6.92 Å². The summed E-state index contributed by atoms with van der Waals surface area (Å²) in [6.45, 7) is 4.91. The Hall–Kier alpha value is -1.75. The summed E-state index contributed by atoms with van der Waals surface area (Å²) in [6.07, 6.45) is 0.907. The molecule has 0 spiro atoms. The lowest BCUT2D eigenvalue weighted by Crippen LogP contribution is -2.42. The van der Waals surface area contributed by atoms with Crippen LogP contribution >= 0.6 is 0 Å². The molecule has 4 N–H and O–H groups in total. The fourth-order valence-electron chi connectivity index (χ4n) is 1.44. The molecule has 1 atom stereocenters. The van der Waals surface area contributed by atoms with Gasteiger partial charge in [-0.2, -0.15) is 0 Å². The first kappa shape index (κ1) is 14.3. The van der Waals surface area contributed by atoms with E-state index in [1.54, 1.807) is 13.0 Å². The van der Waals surface area contributed by atoms with Gasteiger partial charge in [0, 0.05) is 13.1 Å². The van der Waals surface area contributed by atoms with Gasteiger partial charge in [0.05, 0.1) is 6.04 Å². The summed E-state index contributed by atoms with van der Waals surface area (Å²) < 4.78 is 0. The van der Waals surface area contributed by atoms with Crippen LogP contribution in [0.4, 0.5) is 0 Å². The molecule has 1 unspecified atom stereocenters. The maximum atomic E-state index is 11.6. The van der Waals surface area contributed by atoms with Gasteiger partial charge in [-0.05, 0) is 31.0 Å². The fraction of sp³-hybridized carbons (Fsp3) is 0.462. The Bertz CT molecular complexity index is 407. The molecule has 0 saturated heterocycles. The van der Waals surface area contributed by atoms with E-state index in [1.165, 1.54) is 12.1 Å². The van der Waals surface area contributed by atoms with Gasteiger partial charge in [0.2, 0.25) is 5.91 Å². The molecule has 0 bridgehead atoms. The van der Waals surface area contributed by atoms with Gasteiger partial charge < -0.3 is 20.8 Å². The van der Waals surface area contributed by atoms with Crippen molar-refractivity contribution in [3.8, 4) is 11.5 Å². The zero-order valence-electron chi connectivity index (χ0n) is 10.7. The van der Waals surface area contributed by atoms with E-state index in [-0.39, 0.29) is 23.4 Å². The van der Waals surface area contributed by atoms with Crippen molar-refractivity contribution >= 4 is 5.91 Å².